The molecule has 0 unspecified atom stereocenters. The average molecular weight is 304 g/mol. The van der Waals surface area contributed by atoms with Gasteiger partial charge in [-0.2, -0.15) is 0 Å². The van der Waals surface area contributed by atoms with Gasteiger partial charge < -0.3 is 0 Å². The van der Waals surface area contributed by atoms with Gasteiger partial charge in [0.15, 0.2) is 0 Å². The summed E-state index contributed by atoms with van der Waals surface area (Å²) in [5, 5.41) is 0.728. The average Bonchev–Trinajstić information content (AvgIpc) is 2.49. The number of amides is 1. The van der Waals surface area contributed by atoms with E-state index in [1.807, 2.05) is 49.5 Å². The van der Waals surface area contributed by atoms with Gasteiger partial charge in [0.2, 0.25) is 0 Å². The molecule has 0 fully saturated rings. The molecule has 0 saturated carbocycles. The van der Waals surface area contributed by atoms with Crippen molar-refractivity contribution in [3.63, 3.8) is 0 Å². The van der Waals surface area contributed by atoms with Crippen molar-refractivity contribution in [2.45, 2.75) is 13.1 Å². The van der Waals surface area contributed by atoms with Gasteiger partial charge in [-0.1, -0.05) is 41.9 Å². The summed E-state index contributed by atoms with van der Waals surface area (Å²) in [7, 11) is 2.01. The molecular formula is C16H18ClN3O. The van der Waals surface area contributed by atoms with Gasteiger partial charge in [-0.3, -0.25) is 15.1 Å². The van der Waals surface area contributed by atoms with Crippen LogP contribution in [0.2, 0.25) is 5.02 Å². The fraction of sp³-hybridized carbons (Fsp3) is 0.188. The minimum atomic E-state index is -0.273. The third-order valence-electron chi connectivity index (χ3n) is 3.20. The van der Waals surface area contributed by atoms with Crippen LogP contribution in [0.4, 0.5) is 0 Å². The number of nitrogen functional groups attached to an aromatic ring is 1. The zero-order valence-electron chi connectivity index (χ0n) is 11.8. The Morgan fingerprint density at radius 3 is 2.48 bits per heavy atom. The first-order valence-corrected chi connectivity index (χ1v) is 7.00. The predicted molar refractivity (Wildman–Crippen MR) is 84.7 cm³/mol. The lowest BCUT2D eigenvalue weighted by atomic mass is 10.1. The predicted octanol–water partition coefficient (Wildman–Crippen LogP) is 2.58. The van der Waals surface area contributed by atoms with Gasteiger partial charge in [0.1, 0.15) is 0 Å². The van der Waals surface area contributed by atoms with Crippen LogP contribution in [0.5, 0.6) is 0 Å². The number of carbonyl (C=O) groups is 1. The van der Waals surface area contributed by atoms with E-state index in [9.17, 15) is 4.79 Å². The highest BCUT2D eigenvalue weighted by molar-refractivity contribution is 6.30. The van der Waals surface area contributed by atoms with Crippen molar-refractivity contribution in [1.82, 2.24) is 10.3 Å². The minimum Gasteiger partial charge on any atom is -0.298 e. The third kappa shape index (κ3) is 4.29. The number of nitrogens with one attached hydrogen (secondary N) is 1. The molecule has 0 saturated heterocycles. The van der Waals surface area contributed by atoms with Gasteiger partial charge >= 0.3 is 0 Å². The van der Waals surface area contributed by atoms with E-state index < -0.39 is 0 Å². The molecule has 0 aliphatic heterocycles. The molecule has 2 rings (SSSR count). The van der Waals surface area contributed by atoms with Crippen LogP contribution in [0.1, 0.15) is 21.5 Å². The summed E-state index contributed by atoms with van der Waals surface area (Å²) in [6, 6.07) is 15.2. The van der Waals surface area contributed by atoms with E-state index in [1.165, 1.54) is 5.56 Å². The van der Waals surface area contributed by atoms with Crippen LogP contribution in [0.25, 0.3) is 0 Å². The number of hydrogen-bond donors (Lipinski definition) is 2. The van der Waals surface area contributed by atoms with Crippen molar-refractivity contribution in [1.29, 1.82) is 0 Å². The lowest BCUT2D eigenvalue weighted by Gasteiger charge is -2.18. The zero-order valence-corrected chi connectivity index (χ0v) is 12.6. The van der Waals surface area contributed by atoms with Crippen molar-refractivity contribution in [3.05, 3.63) is 70.2 Å². The van der Waals surface area contributed by atoms with Crippen LogP contribution >= 0.6 is 11.6 Å². The topological polar surface area (TPSA) is 58.4 Å². The maximum Gasteiger partial charge on any atom is 0.265 e. The van der Waals surface area contributed by atoms with E-state index >= 15 is 0 Å². The third-order valence-corrected chi connectivity index (χ3v) is 3.45. The van der Waals surface area contributed by atoms with Crippen molar-refractivity contribution in [2.24, 2.45) is 5.84 Å². The molecule has 0 aliphatic carbocycles. The quantitative estimate of drug-likeness (QED) is 0.507. The highest BCUT2D eigenvalue weighted by Crippen LogP contribution is 2.14. The van der Waals surface area contributed by atoms with Crippen LogP contribution in [0, 0.1) is 0 Å². The molecule has 2 aromatic carbocycles. The second-order valence-electron chi connectivity index (χ2n) is 4.93. The van der Waals surface area contributed by atoms with Crippen LogP contribution in [0.3, 0.4) is 0 Å². The van der Waals surface area contributed by atoms with E-state index in [2.05, 4.69) is 10.3 Å². The molecule has 1 amide bonds. The molecule has 110 valence electrons. The lowest BCUT2D eigenvalue weighted by Crippen LogP contribution is -2.31. The van der Waals surface area contributed by atoms with Crippen LogP contribution in [0.15, 0.2) is 48.5 Å². The minimum absolute atomic E-state index is 0.273. The molecule has 0 bridgehead atoms. The smallest absolute Gasteiger partial charge is 0.265 e. The maximum absolute atomic E-state index is 11.7. The molecule has 3 N–H and O–H groups in total. The number of hydrazine groups is 1. The van der Waals surface area contributed by atoms with Crippen molar-refractivity contribution < 1.29 is 4.79 Å². The van der Waals surface area contributed by atoms with Gasteiger partial charge in [0, 0.05) is 23.7 Å². The number of hydrogen-bond acceptors (Lipinski definition) is 3. The Labute approximate surface area is 129 Å². The highest BCUT2D eigenvalue weighted by Gasteiger charge is 2.11. The normalized spacial score (nSPS) is 10.7. The van der Waals surface area contributed by atoms with Gasteiger partial charge in [-0.05, 0) is 36.4 Å². The molecule has 2 aromatic rings. The second kappa shape index (κ2) is 7.22. The van der Waals surface area contributed by atoms with E-state index in [0.717, 1.165) is 17.1 Å². The first-order valence-electron chi connectivity index (χ1n) is 6.62. The molecular weight excluding hydrogens is 286 g/mol. The maximum atomic E-state index is 11.7. The standard InChI is InChI=1S/C16H18ClN3O/c1-20(10-12-6-8-14(17)9-7-12)11-13-4-2-3-5-15(13)16(21)19-18/h2-9H,10-11,18H2,1H3,(H,19,21). The first kappa shape index (κ1) is 15.5. The van der Waals surface area contributed by atoms with Crippen LogP contribution in [-0.4, -0.2) is 17.9 Å². The number of carbonyl (C=O) groups excluding carboxylic acids is 1. The van der Waals surface area contributed by atoms with Gasteiger partial charge in [-0.15, -0.1) is 0 Å². The number of nitrogens with zero attached hydrogens (tertiary/aromatic N) is 1. The lowest BCUT2D eigenvalue weighted by molar-refractivity contribution is 0.0952. The number of halogens is 1. The fourth-order valence-corrected chi connectivity index (χ4v) is 2.33. The summed E-state index contributed by atoms with van der Waals surface area (Å²) in [5.74, 6) is 4.94. The number of nitrogens with two attached hydrogens (primary N) is 1. The summed E-state index contributed by atoms with van der Waals surface area (Å²) >= 11 is 5.88. The summed E-state index contributed by atoms with van der Waals surface area (Å²) in [6.45, 7) is 1.43. The Kier molecular flexibility index (Phi) is 5.33. The summed E-state index contributed by atoms with van der Waals surface area (Å²) in [6.07, 6.45) is 0. The van der Waals surface area contributed by atoms with Gasteiger partial charge in [-0.25, -0.2) is 5.84 Å². The second-order valence-corrected chi connectivity index (χ2v) is 5.37. The van der Waals surface area contributed by atoms with E-state index in [4.69, 9.17) is 17.4 Å². The largest absolute Gasteiger partial charge is 0.298 e. The molecule has 0 aliphatic rings. The van der Waals surface area contributed by atoms with Crippen molar-refractivity contribution in [2.75, 3.05) is 7.05 Å². The van der Waals surface area contributed by atoms with E-state index in [1.54, 1.807) is 6.07 Å². The van der Waals surface area contributed by atoms with Crippen LogP contribution in [-0.2, 0) is 13.1 Å². The van der Waals surface area contributed by atoms with E-state index in [0.29, 0.717) is 12.1 Å². The Bertz CT molecular complexity index is 613. The summed E-state index contributed by atoms with van der Waals surface area (Å²) < 4.78 is 0. The van der Waals surface area contributed by atoms with Crippen LogP contribution < -0.4 is 11.3 Å². The fourth-order valence-electron chi connectivity index (χ4n) is 2.21. The molecule has 4 nitrogen and oxygen atoms in total. The summed E-state index contributed by atoms with van der Waals surface area (Å²) in [5.41, 5.74) is 4.89. The molecule has 21 heavy (non-hydrogen) atoms. The molecule has 5 heteroatoms. The van der Waals surface area contributed by atoms with Gasteiger partial charge in [0.05, 0.1) is 0 Å². The Morgan fingerprint density at radius 2 is 1.81 bits per heavy atom. The van der Waals surface area contributed by atoms with Crippen molar-refractivity contribution >= 4 is 17.5 Å². The Morgan fingerprint density at radius 1 is 1.14 bits per heavy atom. The van der Waals surface area contributed by atoms with E-state index in [-0.39, 0.29) is 5.91 Å². The monoisotopic (exact) mass is 303 g/mol. The molecule has 0 radical (unpaired) electrons. The zero-order chi connectivity index (χ0) is 15.2. The molecule has 0 atom stereocenters. The number of benzene rings is 2. The Hall–Kier alpha value is -1.88. The molecule has 0 spiro atoms. The molecule has 0 heterocycles. The number of rotatable bonds is 5. The SMILES string of the molecule is CN(Cc1ccc(Cl)cc1)Cc1ccccc1C(=O)NN. The Balaban J connectivity index is 2.07. The summed E-state index contributed by atoms with van der Waals surface area (Å²) in [4.78, 5) is 13.9. The first-order chi connectivity index (χ1) is 10.1. The van der Waals surface area contributed by atoms with Gasteiger partial charge in [0.25, 0.3) is 5.91 Å². The van der Waals surface area contributed by atoms with Crippen molar-refractivity contribution in [3.8, 4) is 0 Å². The highest BCUT2D eigenvalue weighted by atomic mass is 35.5. The molecule has 0 aromatic heterocycles.